The zero-order valence-corrected chi connectivity index (χ0v) is 14.3. The van der Waals surface area contributed by atoms with Gasteiger partial charge >= 0.3 is 0 Å². The first-order valence-corrected chi connectivity index (χ1v) is 8.24. The van der Waals surface area contributed by atoms with Crippen LogP contribution in [0.5, 0.6) is 0 Å². The third kappa shape index (κ3) is 2.55. The van der Waals surface area contributed by atoms with Crippen LogP contribution >= 0.6 is 0 Å². The number of aryl methyl sites for hydroxylation is 2. The maximum absolute atomic E-state index is 4.68. The smallest absolute Gasteiger partial charge is 0.157 e. The van der Waals surface area contributed by atoms with Crippen LogP contribution in [-0.4, -0.2) is 50.7 Å². The van der Waals surface area contributed by atoms with Crippen LogP contribution in [0.2, 0.25) is 0 Å². The van der Waals surface area contributed by atoms with Crippen LogP contribution in [0.4, 0.5) is 11.6 Å². The Morgan fingerprint density at radius 1 is 0.875 bits per heavy atom. The summed E-state index contributed by atoms with van der Waals surface area (Å²) in [5.41, 5.74) is 3.12. The minimum Gasteiger partial charge on any atom is -0.353 e. The van der Waals surface area contributed by atoms with Gasteiger partial charge in [-0.1, -0.05) is 0 Å². The van der Waals surface area contributed by atoms with Crippen molar-refractivity contribution in [1.29, 1.82) is 0 Å². The fraction of sp³-hybridized carbons (Fsp3) is 0.412. The van der Waals surface area contributed by atoms with E-state index in [9.17, 15) is 0 Å². The molecule has 124 valence electrons. The average Bonchev–Trinajstić information content (AvgIpc) is 3.06. The van der Waals surface area contributed by atoms with E-state index in [0.717, 1.165) is 55.0 Å². The first kappa shape index (κ1) is 14.9. The number of aromatic nitrogens is 5. The molecule has 0 bridgehead atoms. The van der Waals surface area contributed by atoms with Crippen LogP contribution in [0.15, 0.2) is 24.5 Å². The molecular weight excluding hydrogens is 302 g/mol. The number of hydrogen-bond donors (Lipinski definition) is 0. The number of rotatable bonds is 2. The summed E-state index contributed by atoms with van der Waals surface area (Å²) in [5, 5.41) is 4.20. The molecule has 24 heavy (non-hydrogen) atoms. The van der Waals surface area contributed by atoms with Gasteiger partial charge in [0.25, 0.3) is 0 Å². The summed E-state index contributed by atoms with van der Waals surface area (Å²) in [6.45, 7) is 9.83. The number of piperazine rings is 1. The summed E-state index contributed by atoms with van der Waals surface area (Å²) in [6.07, 6.45) is 3.73. The lowest BCUT2D eigenvalue weighted by Gasteiger charge is -2.36. The molecule has 0 saturated carbocycles. The van der Waals surface area contributed by atoms with Gasteiger partial charge in [0.05, 0.1) is 6.20 Å². The van der Waals surface area contributed by atoms with Crippen molar-refractivity contribution >= 4 is 17.3 Å². The quantitative estimate of drug-likeness (QED) is 0.716. The molecule has 0 amide bonds. The van der Waals surface area contributed by atoms with Crippen molar-refractivity contribution in [3.63, 3.8) is 0 Å². The number of fused-ring (bicyclic) bond motifs is 1. The Balaban J connectivity index is 1.52. The SMILES string of the molecule is Cc1nc(C)c(C)c(N2CCN(c3ccn4nccc4n3)CC2)n1. The lowest BCUT2D eigenvalue weighted by Crippen LogP contribution is -2.47. The highest BCUT2D eigenvalue weighted by molar-refractivity contribution is 5.52. The van der Waals surface area contributed by atoms with E-state index in [1.54, 1.807) is 10.7 Å². The van der Waals surface area contributed by atoms with Gasteiger partial charge < -0.3 is 9.80 Å². The summed E-state index contributed by atoms with van der Waals surface area (Å²) >= 11 is 0. The zero-order valence-electron chi connectivity index (χ0n) is 14.3. The summed E-state index contributed by atoms with van der Waals surface area (Å²) in [7, 11) is 0. The van der Waals surface area contributed by atoms with Gasteiger partial charge in [0.15, 0.2) is 5.65 Å². The summed E-state index contributed by atoms with van der Waals surface area (Å²) in [4.78, 5) is 18.5. The summed E-state index contributed by atoms with van der Waals surface area (Å²) < 4.78 is 1.79. The molecule has 3 aromatic heterocycles. The van der Waals surface area contributed by atoms with Gasteiger partial charge in [-0.2, -0.15) is 5.10 Å². The van der Waals surface area contributed by atoms with E-state index >= 15 is 0 Å². The lowest BCUT2D eigenvalue weighted by atomic mass is 10.2. The molecule has 1 aliphatic heterocycles. The largest absolute Gasteiger partial charge is 0.353 e. The first-order valence-electron chi connectivity index (χ1n) is 8.24. The standard InChI is InChI=1S/C17H21N7/c1-12-13(2)19-14(3)20-17(12)23-10-8-22(9-11-23)15-5-7-24-16(21-15)4-6-18-24/h4-7H,8-11H2,1-3H3. The Bertz CT molecular complexity index is 878. The number of hydrogen-bond acceptors (Lipinski definition) is 6. The van der Waals surface area contributed by atoms with Crippen molar-refractivity contribution in [2.45, 2.75) is 20.8 Å². The summed E-state index contributed by atoms with van der Waals surface area (Å²) in [5.74, 6) is 2.91. The van der Waals surface area contributed by atoms with Crippen molar-refractivity contribution in [1.82, 2.24) is 24.6 Å². The van der Waals surface area contributed by atoms with Crippen LogP contribution in [-0.2, 0) is 0 Å². The zero-order chi connectivity index (χ0) is 16.7. The Kier molecular flexibility index (Phi) is 3.55. The molecule has 0 N–H and O–H groups in total. The van der Waals surface area contributed by atoms with E-state index in [0.29, 0.717) is 0 Å². The molecule has 0 spiro atoms. The molecule has 1 saturated heterocycles. The van der Waals surface area contributed by atoms with Crippen LogP contribution in [0.3, 0.4) is 0 Å². The molecule has 0 atom stereocenters. The molecule has 0 unspecified atom stereocenters. The van der Waals surface area contributed by atoms with E-state index in [2.05, 4.69) is 43.7 Å². The fourth-order valence-corrected chi connectivity index (χ4v) is 3.18. The highest BCUT2D eigenvalue weighted by atomic mass is 15.3. The van der Waals surface area contributed by atoms with E-state index < -0.39 is 0 Å². The van der Waals surface area contributed by atoms with Crippen molar-refractivity contribution in [3.8, 4) is 0 Å². The van der Waals surface area contributed by atoms with E-state index in [-0.39, 0.29) is 0 Å². The third-order valence-electron chi connectivity index (χ3n) is 4.62. The van der Waals surface area contributed by atoms with Crippen molar-refractivity contribution in [3.05, 3.63) is 41.6 Å². The highest BCUT2D eigenvalue weighted by Crippen LogP contribution is 2.22. The van der Waals surface area contributed by atoms with Gasteiger partial charge in [-0.15, -0.1) is 0 Å². The van der Waals surface area contributed by atoms with E-state index in [1.807, 2.05) is 25.3 Å². The topological polar surface area (TPSA) is 62.5 Å². The maximum Gasteiger partial charge on any atom is 0.157 e. The molecular formula is C17H21N7. The van der Waals surface area contributed by atoms with Crippen LogP contribution in [0, 0.1) is 20.8 Å². The molecule has 0 aliphatic carbocycles. The van der Waals surface area contributed by atoms with Crippen LogP contribution < -0.4 is 9.80 Å². The van der Waals surface area contributed by atoms with Crippen molar-refractivity contribution in [2.75, 3.05) is 36.0 Å². The molecule has 0 aromatic carbocycles. The molecule has 7 nitrogen and oxygen atoms in total. The Labute approximate surface area is 141 Å². The number of nitrogens with zero attached hydrogens (tertiary/aromatic N) is 7. The van der Waals surface area contributed by atoms with Crippen molar-refractivity contribution < 1.29 is 0 Å². The molecule has 1 fully saturated rings. The second kappa shape index (κ2) is 5.74. The minimum atomic E-state index is 0.836. The highest BCUT2D eigenvalue weighted by Gasteiger charge is 2.21. The monoisotopic (exact) mass is 323 g/mol. The van der Waals surface area contributed by atoms with Gasteiger partial charge in [0.2, 0.25) is 0 Å². The van der Waals surface area contributed by atoms with Crippen molar-refractivity contribution in [2.24, 2.45) is 0 Å². The first-order chi connectivity index (χ1) is 11.6. The molecule has 1 aliphatic rings. The average molecular weight is 323 g/mol. The Morgan fingerprint density at radius 3 is 2.42 bits per heavy atom. The second-order valence-corrected chi connectivity index (χ2v) is 6.20. The second-order valence-electron chi connectivity index (χ2n) is 6.20. The van der Waals surface area contributed by atoms with Gasteiger partial charge in [0.1, 0.15) is 17.5 Å². The Morgan fingerprint density at radius 2 is 1.62 bits per heavy atom. The van der Waals surface area contributed by atoms with E-state index in [1.165, 1.54) is 5.56 Å². The fourth-order valence-electron chi connectivity index (χ4n) is 3.18. The van der Waals surface area contributed by atoms with Gasteiger partial charge in [-0.05, 0) is 26.8 Å². The lowest BCUT2D eigenvalue weighted by molar-refractivity contribution is 0.637. The van der Waals surface area contributed by atoms with E-state index in [4.69, 9.17) is 0 Å². The van der Waals surface area contributed by atoms with Gasteiger partial charge in [0, 0.05) is 49.7 Å². The normalized spacial score (nSPS) is 15.3. The molecule has 3 aromatic rings. The third-order valence-corrected chi connectivity index (χ3v) is 4.62. The van der Waals surface area contributed by atoms with Crippen LogP contribution in [0.25, 0.3) is 5.65 Å². The Hall–Kier alpha value is -2.70. The molecule has 7 heteroatoms. The van der Waals surface area contributed by atoms with Crippen LogP contribution in [0.1, 0.15) is 17.1 Å². The number of anilines is 2. The predicted octanol–water partition coefficient (Wildman–Crippen LogP) is 1.77. The molecule has 4 heterocycles. The van der Waals surface area contributed by atoms with Gasteiger partial charge in [-0.25, -0.2) is 19.5 Å². The summed E-state index contributed by atoms with van der Waals surface area (Å²) in [6, 6.07) is 3.95. The minimum absolute atomic E-state index is 0.836. The molecule has 0 radical (unpaired) electrons. The maximum atomic E-state index is 4.68. The predicted molar refractivity (Wildman–Crippen MR) is 93.7 cm³/mol. The molecule has 4 rings (SSSR count). The van der Waals surface area contributed by atoms with Gasteiger partial charge in [-0.3, -0.25) is 0 Å².